The van der Waals surface area contributed by atoms with Crippen LogP contribution in [0.15, 0.2) is 18.2 Å². The van der Waals surface area contributed by atoms with Crippen molar-refractivity contribution in [3.05, 3.63) is 29.8 Å². The second-order valence-corrected chi connectivity index (χ2v) is 2.87. The lowest BCUT2D eigenvalue weighted by atomic mass is 10.2. The molecule has 0 fully saturated rings. The molecule has 1 rings (SSSR count). The fourth-order valence-electron chi connectivity index (χ4n) is 0.854. The van der Waals surface area contributed by atoms with Gasteiger partial charge in [0.25, 0.3) is 0 Å². The highest BCUT2D eigenvalue weighted by Crippen LogP contribution is 2.17. The average Bonchev–Trinajstić information content (AvgIpc) is 2.11. The van der Waals surface area contributed by atoms with E-state index in [4.69, 9.17) is 5.73 Å². The van der Waals surface area contributed by atoms with Crippen molar-refractivity contribution in [2.24, 2.45) is 5.73 Å². The van der Waals surface area contributed by atoms with Crippen molar-refractivity contribution >= 4 is 11.6 Å². The number of nitrogens with one attached hydrogen (secondary N) is 1. The second-order valence-electron chi connectivity index (χ2n) is 2.87. The maximum Gasteiger partial charge on any atom is 0.241 e. The van der Waals surface area contributed by atoms with Gasteiger partial charge in [-0.15, -0.1) is 0 Å². The summed E-state index contributed by atoms with van der Waals surface area (Å²) in [4.78, 5) is 11.0. The van der Waals surface area contributed by atoms with Crippen LogP contribution in [0.4, 0.5) is 14.5 Å². The van der Waals surface area contributed by atoms with Crippen LogP contribution in [0.5, 0.6) is 0 Å². The number of anilines is 1. The number of nitrogens with two attached hydrogens (primary N) is 1. The van der Waals surface area contributed by atoms with Crippen LogP contribution in [0.1, 0.15) is 6.92 Å². The first-order valence-corrected chi connectivity index (χ1v) is 4.03. The highest BCUT2D eigenvalue weighted by atomic mass is 19.1. The normalized spacial score (nSPS) is 12.3. The quantitative estimate of drug-likeness (QED) is 0.754. The van der Waals surface area contributed by atoms with E-state index in [1.165, 1.54) is 13.0 Å². The maximum absolute atomic E-state index is 13.0. The SMILES string of the molecule is C[C@@H](N)C(=O)Nc1c(F)cccc1F. The largest absolute Gasteiger partial charge is 0.320 e. The fourth-order valence-corrected chi connectivity index (χ4v) is 0.854. The molecule has 1 amide bonds. The Morgan fingerprint density at radius 1 is 1.43 bits per heavy atom. The number of benzene rings is 1. The molecule has 0 aliphatic heterocycles. The Hall–Kier alpha value is -1.49. The number of carbonyl (C=O) groups is 1. The molecule has 1 aromatic carbocycles. The van der Waals surface area contributed by atoms with Crippen LogP contribution >= 0.6 is 0 Å². The van der Waals surface area contributed by atoms with Gasteiger partial charge in [-0.25, -0.2) is 8.78 Å². The molecule has 0 bridgehead atoms. The molecule has 14 heavy (non-hydrogen) atoms. The van der Waals surface area contributed by atoms with Crippen molar-refractivity contribution in [3.8, 4) is 0 Å². The number of hydrogen-bond acceptors (Lipinski definition) is 2. The molecule has 0 aliphatic rings. The minimum absolute atomic E-state index is 0.463. The lowest BCUT2D eigenvalue weighted by molar-refractivity contribution is -0.117. The molecule has 5 heteroatoms. The molecule has 1 aromatic rings. The third kappa shape index (κ3) is 2.26. The van der Waals surface area contributed by atoms with Crippen LogP contribution in [0.3, 0.4) is 0 Å². The molecule has 0 aliphatic carbocycles. The predicted octanol–water partition coefficient (Wildman–Crippen LogP) is 1.25. The standard InChI is InChI=1S/C9H10F2N2O/c1-5(12)9(14)13-8-6(10)3-2-4-7(8)11/h2-5H,12H2,1H3,(H,13,14)/t5-/m1/s1. The molecule has 0 unspecified atom stereocenters. The first-order chi connectivity index (χ1) is 6.52. The summed E-state index contributed by atoms with van der Waals surface area (Å²) in [6, 6.07) is 2.51. The van der Waals surface area contributed by atoms with Crippen molar-refractivity contribution in [1.29, 1.82) is 0 Å². The average molecular weight is 200 g/mol. The molecule has 3 nitrogen and oxygen atoms in total. The van der Waals surface area contributed by atoms with Crippen molar-refractivity contribution in [1.82, 2.24) is 0 Å². The predicted molar refractivity (Wildman–Crippen MR) is 48.6 cm³/mol. The van der Waals surface area contributed by atoms with Gasteiger partial charge in [-0.05, 0) is 19.1 Å². The van der Waals surface area contributed by atoms with E-state index in [1.54, 1.807) is 0 Å². The minimum atomic E-state index is -0.820. The van der Waals surface area contributed by atoms with Crippen LogP contribution in [0.2, 0.25) is 0 Å². The number of hydrogen-bond donors (Lipinski definition) is 2. The van der Waals surface area contributed by atoms with Crippen molar-refractivity contribution in [3.63, 3.8) is 0 Å². The maximum atomic E-state index is 13.0. The third-order valence-corrected chi connectivity index (χ3v) is 1.62. The third-order valence-electron chi connectivity index (χ3n) is 1.62. The van der Waals surface area contributed by atoms with Crippen LogP contribution in [-0.2, 0) is 4.79 Å². The first-order valence-electron chi connectivity index (χ1n) is 4.03. The van der Waals surface area contributed by atoms with E-state index in [9.17, 15) is 13.6 Å². The van der Waals surface area contributed by atoms with E-state index >= 15 is 0 Å². The molecule has 0 spiro atoms. The van der Waals surface area contributed by atoms with Gasteiger partial charge in [0.05, 0.1) is 6.04 Å². The Bertz CT molecular complexity index is 332. The fraction of sp³-hybridized carbons (Fsp3) is 0.222. The van der Waals surface area contributed by atoms with E-state index in [1.807, 2.05) is 0 Å². The van der Waals surface area contributed by atoms with Gasteiger partial charge in [0.15, 0.2) is 0 Å². The van der Waals surface area contributed by atoms with E-state index in [2.05, 4.69) is 5.32 Å². The van der Waals surface area contributed by atoms with Crippen molar-refractivity contribution in [2.75, 3.05) is 5.32 Å². The zero-order chi connectivity index (χ0) is 10.7. The zero-order valence-electron chi connectivity index (χ0n) is 7.55. The number of halogens is 2. The Balaban J connectivity index is 2.91. The van der Waals surface area contributed by atoms with Crippen LogP contribution < -0.4 is 11.1 Å². The molecule has 0 heterocycles. The summed E-state index contributed by atoms with van der Waals surface area (Å²) < 4.78 is 26.0. The molecule has 0 aromatic heterocycles. The lowest BCUT2D eigenvalue weighted by Gasteiger charge is -2.08. The molecular formula is C9H10F2N2O. The summed E-state index contributed by atoms with van der Waals surface area (Å²) in [7, 11) is 0. The van der Waals surface area contributed by atoms with Gasteiger partial charge in [-0.3, -0.25) is 4.79 Å². The summed E-state index contributed by atoms with van der Waals surface area (Å²) in [6.07, 6.45) is 0. The molecule has 0 radical (unpaired) electrons. The Morgan fingerprint density at radius 2 is 1.93 bits per heavy atom. The summed E-state index contributed by atoms with van der Waals surface area (Å²) >= 11 is 0. The molecular weight excluding hydrogens is 190 g/mol. The van der Waals surface area contributed by atoms with E-state index < -0.39 is 29.3 Å². The van der Waals surface area contributed by atoms with Crippen molar-refractivity contribution in [2.45, 2.75) is 13.0 Å². The molecule has 1 atom stereocenters. The van der Waals surface area contributed by atoms with Crippen LogP contribution in [-0.4, -0.2) is 11.9 Å². The minimum Gasteiger partial charge on any atom is -0.320 e. The Labute approximate surface area is 79.9 Å². The van der Waals surface area contributed by atoms with Gasteiger partial charge in [0.1, 0.15) is 17.3 Å². The highest BCUT2D eigenvalue weighted by Gasteiger charge is 2.13. The smallest absolute Gasteiger partial charge is 0.241 e. The molecule has 3 N–H and O–H groups in total. The first kappa shape index (κ1) is 10.6. The van der Waals surface area contributed by atoms with Crippen molar-refractivity contribution < 1.29 is 13.6 Å². The summed E-state index contributed by atoms with van der Waals surface area (Å²) in [5.41, 5.74) is 4.76. The Kier molecular flexibility index (Phi) is 3.14. The van der Waals surface area contributed by atoms with Gasteiger partial charge in [-0.2, -0.15) is 0 Å². The molecule has 76 valence electrons. The summed E-state index contributed by atoms with van der Waals surface area (Å²) in [6.45, 7) is 1.42. The van der Waals surface area contributed by atoms with E-state index in [-0.39, 0.29) is 0 Å². The summed E-state index contributed by atoms with van der Waals surface area (Å²) in [5, 5.41) is 2.06. The molecule has 0 saturated heterocycles. The number of amides is 1. The second kappa shape index (κ2) is 4.15. The van der Waals surface area contributed by atoms with Crippen LogP contribution in [0.25, 0.3) is 0 Å². The molecule has 0 saturated carbocycles. The van der Waals surface area contributed by atoms with E-state index in [0.717, 1.165) is 12.1 Å². The topological polar surface area (TPSA) is 55.1 Å². The monoisotopic (exact) mass is 200 g/mol. The van der Waals surface area contributed by atoms with Gasteiger partial charge < -0.3 is 11.1 Å². The Morgan fingerprint density at radius 3 is 2.36 bits per heavy atom. The lowest BCUT2D eigenvalue weighted by Crippen LogP contribution is -2.33. The van der Waals surface area contributed by atoms with E-state index in [0.29, 0.717) is 0 Å². The van der Waals surface area contributed by atoms with Crippen LogP contribution in [0, 0.1) is 11.6 Å². The zero-order valence-corrected chi connectivity index (χ0v) is 7.55. The number of rotatable bonds is 2. The van der Waals surface area contributed by atoms with Gasteiger partial charge in [0, 0.05) is 0 Å². The summed E-state index contributed by atoms with van der Waals surface area (Å²) in [5.74, 6) is -2.27. The number of para-hydroxylation sites is 1. The van der Waals surface area contributed by atoms with Gasteiger partial charge >= 0.3 is 0 Å². The van der Waals surface area contributed by atoms with Gasteiger partial charge in [-0.1, -0.05) is 6.07 Å². The number of carbonyl (C=O) groups excluding carboxylic acids is 1. The highest BCUT2D eigenvalue weighted by molar-refractivity contribution is 5.94. The van der Waals surface area contributed by atoms with Gasteiger partial charge in [0.2, 0.25) is 5.91 Å².